The van der Waals surface area contributed by atoms with Gasteiger partial charge < -0.3 is 0 Å². The molecule has 2 aromatic heterocycles. The average Bonchev–Trinajstić information content (AvgIpc) is 2.47. The third kappa shape index (κ3) is 1.91. The van der Waals surface area contributed by atoms with Crippen molar-refractivity contribution in [1.29, 1.82) is 0 Å². The van der Waals surface area contributed by atoms with E-state index < -0.39 is 0 Å². The predicted molar refractivity (Wildman–Crippen MR) is 61.8 cm³/mol. The zero-order chi connectivity index (χ0) is 10.7. The first kappa shape index (κ1) is 11.5. The lowest BCUT2D eigenvalue weighted by Crippen LogP contribution is -1.88. The molecule has 0 atom stereocenters. The van der Waals surface area contributed by atoms with Crippen molar-refractivity contribution >= 4 is 33.0 Å². The molecule has 0 amide bonds. The van der Waals surface area contributed by atoms with Gasteiger partial charge in [-0.3, -0.25) is 4.40 Å². The zero-order valence-corrected chi connectivity index (χ0v) is 10.6. The van der Waals surface area contributed by atoms with Crippen molar-refractivity contribution in [2.45, 2.75) is 20.8 Å². The quantitative estimate of drug-likeness (QED) is 0.737. The van der Waals surface area contributed by atoms with Crippen LogP contribution in [-0.4, -0.2) is 14.4 Å². The summed E-state index contributed by atoms with van der Waals surface area (Å²) in [5.74, 6) is 0.890. The van der Waals surface area contributed by atoms with Crippen molar-refractivity contribution in [2.75, 3.05) is 0 Å². The minimum atomic E-state index is 0.463. The molecule has 0 saturated carbocycles. The van der Waals surface area contributed by atoms with Gasteiger partial charge in [-0.25, -0.2) is 9.97 Å². The van der Waals surface area contributed by atoms with Gasteiger partial charge in [0.25, 0.3) is 0 Å². The number of hydrogen-bond acceptors (Lipinski definition) is 2. The van der Waals surface area contributed by atoms with Gasteiger partial charge in [-0.15, -0.1) is 0 Å². The molecule has 0 aliphatic carbocycles. The first-order valence-electron chi connectivity index (χ1n) is 4.35. The van der Waals surface area contributed by atoms with Crippen molar-refractivity contribution in [1.82, 2.24) is 14.4 Å². The normalized spacial score (nSPS) is 9.79. The van der Waals surface area contributed by atoms with Crippen LogP contribution in [-0.2, 0) is 0 Å². The molecule has 76 valence electrons. The Hall–Kier alpha value is -0.610. The van der Waals surface area contributed by atoms with Crippen LogP contribution in [0.5, 0.6) is 0 Å². The molecule has 0 N–H and O–H groups in total. The van der Waals surface area contributed by atoms with Crippen molar-refractivity contribution in [2.24, 2.45) is 0 Å². The van der Waals surface area contributed by atoms with E-state index in [9.17, 15) is 0 Å². The highest BCUT2D eigenvalue weighted by Crippen LogP contribution is 2.23. The second-order valence-corrected chi connectivity index (χ2v) is 3.50. The second kappa shape index (κ2) is 4.75. The van der Waals surface area contributed by atoms with Gasteiger partial charge in [0.15, 0.2) is 5.15 Å². The van der Waals surface area contributed by atoms with Gasteiger partial charge in [0.1, 0.15) is 15.9 Å². The van der Waals surface area contributed by atoms with Gasteiger partial charge >= 0.3 is 0 Å². The topological polar surface area (TPSA) is 30.2 Å². The number of aromatic nitrogens is 3. The minimum absolute atomic E-state index is 0.463. The fourth-order valence-corrected chi connectivity index (χ4v) is 2.09. The molecule has 0 spiro atoms. The molecule has 0 bridgehead atoms. The second-order valence-electron chi connectivity index (χ2n) is 2.39. The number of nitrogens with zero attached hydrogens (tertiary/aromatic N) is 3. The molecular formula is C9H11BrClN3. The Balaban J connectivity index is 0.000000461. The van der Waals surface area contributed by atoms with Crippen molar-refractivity contribution in [3.63, 3.8) is 0 Å². The SMILES string of the molecule is CC.Cc1nc(Br)c2c(Cl)nccn12. The van der Waals surface area contributed by atoms with Crippen molar-refractivity contribution < 1.29 is 0 Å². The lowest BCUT2D eigenvalue weighted by Gasteiger charge is -1.95. The van der Waals surface area contributed by atoms with Crippen LogP contribution in [0.4, 0.5) is 0 Å². The number of halogens is 2. The predicted octanol–water partition coefficient (Wildman–Crippen LogP) is 3.48. The number of hydrogen-bond donors (Lipinski definition) is 0. The van der Waals surface area contributed by atoms with Gasteiger partial charge in [-0.05, 0) is 22.9 Å². The fourth-order valence-electron chi connectivity index (χ4n) is 1.10. The minimum Gasteiger partial charge on any atom is -0.299 e. The third-order valence-electron chi connectivity index (χ3n) is 1.64. The van der Waals surface area contributed by atoms with Gasteiger partial charge in [-0.1, -0.05) is 25.4 Å². The van der Waals surface area contributed by atoms with E-state index in [2.05, 4.69) is 25.9 Å². The monoisotopic (exact) mass is 275 g/mol. The van der Waals surface area contributed by atoms with E-state index in [0.29, 0.717) is 5.15 Å². The number of fused-ring (bicyclic) bond motifs is 1. The van der Waals surface area contributed by atoms with Crippen LogP contribution in [0.1, 0.15) is 19.7 Å². The van der Waals surface area contributed by atoms with E-state index in [1.165, 1.54) is 0 Å². The highest BCUT2D eigenvalue weighted by molar-refractivity contribution is 9.10. The summed E-state index contributed by atoms with van der Waals surface area (Å²) in [6.45, 7) is 5.91. The zero-order valence-electron chi connectivity index (χ0n) is 8.25. The Morgan fingerprint density at radius 1 is 1.43 bits per heavy atom. The van der Waals surface area contributed by atoms with Crippen molar-refractivity contribution in [3.05, 3.63) is 28.0 Å². The van der Waals surface area contributed by atoms with Gasteiger partial charge in [0, 0.05) is 12.4 Å². The summed E-state index contributed by atoms with van der Waals surface area (Å²) < 4.78 is 2.62. The summed E-state index contributed by atoms with van der Waals surface area (Å²) in [6.07, 6.45) is 3.48. The molecule has 14 heavy (non-hydrogen) atoms. The summed E-state index contributed by atoms with van der Waals surface area (Å²) in [5, 5.41) is 0.463. The number of imidazole rings is 1. The Morgan fingerprint density at radius 3 is 2.64 bits per heavy atom. The van der Waals surface area contributed by atoms with E-state index >= 15 is 0 Å². The smallest absolute Gasteiger partial charge is 0.155 e. The fraction of sp³-hybridized carbons (Fsp3) is 0.333. The van der Waals surface area contributed by atoms with E-state index in [0.717, 1.165) is 15.9 Å². The van der Waals surface area contributed by atoms with Crippen LogP contribution in [0.25, 0.3) is 5.52 Å². The molecule has 0 saturated heterocycles. The summed E-state index contributed by atoms with van der Waals surface area (Å²) in [7, 11) is 0. The summed E-state index contributed by atoms with van der Waals surface area (Å²) in [5.41, 5.74) is 0.816. The van der Waals surface area contributed by atoms with E-state index in [1.54, 1.807) is 6.20 Å². The summed E-state index contributed by atoms with van der Waals surface area (Å²) in [6, 6.07) is 0. The molecule has 3 nitrogen and oxygen atoms in total. The molecule has 0 aliphatic rings. The third-order valence-corrected chi connectivity index (χ3v) is 2.47. The standard InChI is InChI=1S/C7H5BrClN3.C2H6/c1-4-11-6(8)5-7(9)10-2-3-12(4)5;1-2/h2-3H,1H3;1-2H3. The molecule has 0 fully saturated rings. The molecule has 0 aromatic carbocycles. The van der Waals surface area contributed by atoms with Crippen LogP contribution in [0.3, 0.4) is 0 Å². The Kier molecular flexibility index (Phi) is 3.89. The van der Waals surface area contributed by atoms with E-state index in [4.69, 9.17) is 11.6 Å². The van der Waals surface area contributed by atoms with E-state index in [-0.39, 0.29) is 0 Å². The maximum atomic E-state index is 5.87. The Morgan fingerprint density at radius 2 is 2.07 bits per heavy atom. The van der Waals surface area contributed by atoms with Crippen LogP contribution in [0.15, 0.2) is 17.0 Å². The number of rotatable bonds is 0. The van der Waals surface area contributed by atoms with Gasteiger partial charge in [-0.2, -0.15) is 0 Å². The molecule has 2 heterocycles. The Labute approximate surface area is 96.3 Å². The first-order chi connectivity index (χ1) is 6.70. The molecular weight excluding hydrogens is 265 g/mol. The molecule has 5 heteroatoms. The average molecular weight is 277 g/mol. The van der Waals surface area contributed by atoms with Gasteiger partial charge in [0.05, 0.1) is 0 Å². The summed E-state index contributed by atoms with van der Waals surface area (Å²) in [4.78, 5) is 8.16. The molecule has 0 radical (unpaired) electrons. The summed E-state index contributed by atoms with van der Waals surface area (Å²) >= 11 is 9.19. The maximum absolute atomic E-state index is 5.87. The Bertz CT molecular complexity index is 439. The van der Waals surface area contributed by atoms with Crippen molar-refractivity contribution in [3.8, 4) is 0 Å². The highest BCUT2D eigenvalue weighted by atomic mass is 79.9. The molecule has 2 aromatic rings. The maximum Gasteiger partial charge on any atom is 0.155 e. The highest BCUT2D eigenvalue weighted by Gasteiger charge is 2.08. The van der Waals surface area contributed by atoms with Crippen LogP contribution in [0.2, 0.25) is 5.15 Å². The molecule has 0 unspecified atom stereocenters. The lowest BCUT2D eigenvalue weighted by molar-refractivity contribution is 1.03. The molecule has 0 aliphatic heterocycles. The molecule has 2 rings (SSSR count). The van der Waals surface area contributed by atoms with Crippen LogP contribution >= 0.6 is 27.5 Å². The largest absolute Gasteiger partial charge is 0.299 e. The van der Waals surface area contributed by atoms with E-state index in [1.807, 2.05) is 31.4 Å². The first-order valence-corrected chi connectivity index (χ1v) is 5.52. The number of aryl methyl sites for hydroxylation is 1. The van der Waals surface area contributed by atoms with Gasteiger partial charge in [0.2, 0.25) is 0 Å². The van der Waals surface area contributed by atoms with Crippen LogP contribution in [0, 0.1) is 6.92 Å². The van der Waals surface area contributed by atoms with Crippen LogP contribution < -0.4 is 0 Å². The lowest BCUT2D eigenvalue weighted by atomic mass is 10.6.